The van der Waals surface area contributed by atoms with E-state index in [1.54, 1.807) is 19.2 Å². The van der Waals surface area contributed by atoms with Crippen LogP contribution in [0.1, 0.15) is 11.6 Å². The maximum atomic E-state index is 11.9. The van der Waals surface area contributed by atoms with E-state index in [1.807, 2.05) is 6.07 Å². The normalized spacial score (nSPS) is 20.5. The lowest BCUT2D eigenvalue weighted by molar-refractivity contribution is -0.120. The van der Waals surface area contributed by atoms with Crippen molar-refractivity contribution in [1.29, 1.82) is 0 Å². The first-order chi connectivity index (χ1) is 9.11. The van der Waals surface area contributed by atoms with E-state index < -0.39 is 6.04 Å². The number of nitrogens with zero attached hydrogens (tertiary/aromatic N) is 1. The molecular formula is C12H13BrClN3O2. The van der Waals surface area contributed by atoms with E-state index in [0.29, 0.717) is 24.1 Å². The molecule has 1 saturated heterocycles. The molecule has 1 amide bonds. The van der Waals surface area contributed by atoms with Crippen LogP contribution in [0.4, 0.5) is 0 Å². The second-order valence-corrected chi connectivity index (χ2v) is 5.25. The zero-order valence-corrected chi connectivity index (χ0v) is 12.6. The van der Waals surface area contributed by atoms with Crippen molar-refractivity contribution in [1.82, 2.24) is 10.6 Å². The molecule has 2 N–H and O–H groups in total. The number of hydrogen-bond acceptors (Lipinski definition) is 3. The van der Waals surface area contributed by atoms with Crippen LogP contribution in [0.25, 0.3) is 0 Å². The van der Waals surface area contributed by atoms with E-state index in [9.17, 15) is 4.79 Å². The molecule has 0 bridgehead atoms. The van der Waals surface area contributed by atoms with Crippen LogP contribution in [0.3, 0.4) is 0 Å². The molecule has 0 spiro atoms. The Morgan fingerprint density at radius 3 is 3.05 bits per heavy atom. The standard InChI is InChI=1S/C12H13BrClN3O2/c1-19-5-4-15-12-16-10(11(18)17-12)8-6-7(14)2-3-9(8)13/h2-3,6,10H,4-5H2,1H3,(H2,15,16,17,18). The molecule has 1 atom stereocenters. The third-order valence-electron chi connectivity index (χ3n) is 2.62. The fourth-order valence-corrected chi connectivity index (χ4v) is 2.37. The summed E-state index contributed by atoms with van der Waals surface area (Å²) < 4.78 is 5.72. The average molecular weight is 347 g/mol. The van der Waals surface area contributed by atoms with Crippen LogP contribution >= 0.6 is 27.5 Å². The van der Waals surface area contributed by atoms with E-state index >= 15 is 0 Å². The zero-order chi connectivity index (χ0) is 13.8. The summed E-state index contributed by atoms with van der Waals surface area (Å²) in [6, 6.07) is 4.83. The van der Waals surface area contributed by atoms with Gasteiger partial charge in [0.1, 0.15) is 6.04 Å². The smallest absolute Gasteiger partial charge is 0.253 e. The lowest BCUT2D eigenvalue weighted by atomic mass is 10.1. The van der Waals surface area contributed by atoms with Crippen LogP contribution in [-0.2, 0) is 9.53 Å². The van der Waals surface area contributed by atoms with Crippen molar-refractivity contribution in [3.8, 4) is 0 Å². The van der Waals surface area contributed by atoms with Gasteiger partial charge in [-0.25, -0.2) is 0 Å². The van der Waals surface area contributed by atoms with Crippen molar-refractivity contribution < 1.29 is 9.53 Å². The van der Waals surface area contributed by atoms with Gasteiger partial charge in [0.2, 0.25) is 0 Å². The third kappa shape index (κ3) is 3.46. The molecule has 19 heavy (non-hydrogen) atoms. The van der Waals surface area contributed by atoms with E-state index in [4.69, 9.17) is 16.3 Å². The number of amides is 1. The molecule has 1 aromatic rings. The number of halogens is 2. The number of carbonyl (C=O) groups excluding carboxylic acids is 1. The number of nitrogens with one attached hydrogen (secondary N) is 2. The largest absolute Gasteiger partial charge is 0.383 e. The van der Waals surface area contributed by atoms with Gasteiger partial charge >= 0.3 is 0 Å². The van der Waals surface area contributed by atoms with Crippen molar-refractivity contribution in [3.05, 3.63) is 33.3 Å². The number of carbonyl (C=O) groups is 1. The highest BCUT2D eigenvalue weighted by atomic mass is 79.9. The topological polar surface area (TPSA) is 62.7 Å². The molecule has 102 valence electrons. The Labute approximate surface area is 124 Å². The Balaban J connectivity index is 2.16. The molecule has 1 aliphatic rings. The first-order valence-corrected chi connectivity index (χ1v) is 6.84. The van der Waals surface area contributed by atoms with Crippen LogP contribution in [0, 0.1) is 0 Å². The molecule has 1 fully saturated rings. The third-order valence-corrected chi connectivity index (χ3v) is 3.58. The minimum atomic E-state index is -0.491. The summed E-state index contributed by atoms with van der Waals surface area (Å²) in [6.45, 7) is 0.995. The van der Waals surface area contributed by atoms with Crippen molar-refractivity contribution in [2.45, 2.75) is 6.04 Å². The first kappa shape index (κ1) is 14.3. The second-order valence-electron chi connectivity index (χ2n) is 3.96. The Morgan fingerprint density at radius 1 is 1.53 bits per heavy atom. The molecule has 2 rings (SSSR count). The fraction of sp³-hybridized carbons (Fsp3) is 0.333. The predicted octanol–water partition coefficient (Wildman–Crippen LogP) is 1.87. The highest BCUT2D eigenvalue weighted by molar-refractivity contribution is 9.10. The zero-order valence-electron chi connectivity index (χ0n) is 10.2. The summed E-state index contributed by atoms with van der Waals surface area (Å²) in [5.74, 6) is 0.304. The van der Waals surface area contributed by atoms with Gasteiger partial charge in [-0.1, -0.05) is 27.5 Å². The Morgan fingerprint density at radius 2 is 2.32 bits per heavy atom. The van der Waals surface area contributed by atoms with Gasteiger partial charge in [0, 0.05) is 16.6 Å². The molecule has 0 radical (unpaired) electrons. The molecule has 0 aliphatic carbocycles. The van der Waals surface area contributed by atoms with Crippen molar-refractivity contribution in [2.24, 2.45) is 4.99 Å². The number of methoxy groups -OCH3 is 1. The average Bonchev–Trinajstić information content (AvgIpc) is 2.74. The van der Waals surface area contributed by atoms with E-state index in [1.165, 1.54) is 0 Å². The van der Waals surface area contributed by atoms with Gasteiger partial charge in [-0.05, 0) is 23.8 Å². The van der Waals surface area contributed by atoms with Gasteiger partial charge in [-0.3, -0.25) is 15.1 Å². The summed E-state index contributed by atoms with van der Waals surface area (Å²) in [4.78, 5) is 16.1. The molecule has 1 unspecified atom stereocenters. The van der Waals surface area contributed by atoms with Crippen LogP contribution in [0.2, 0.25) is 5.02 Å². The number of hydrogen-bond donors (Lipinski definition) is 2. The number of aliphatic imine (C=N–C) groups is 1. The Bertz CT molecular complexity index is 522. The number of rotatable bonds is 4. The minimum Gasteiger partial charge on any atom is -0.383 e. The Kier molecular flexibility index (Phi) is 4.79. The van der Waals surface area contributed by atoms with E-state index in [2.05, 4.69) is 31.6 Å². The van der Waals surface area contributed by atoms with Crippen LogP contribution in [0.5, 0.6) is 0 Å². The monoisotopic (exact) mass is 345 g/mol. The second kappa shape index (κ2) is 6.36. The molecule has 0 saturated carbocycles. The molecule has 1 aromatic carbocycles. The van der Waals surface area contributed by atoms with Gasteiger partial charge in [-0.2, -0.15) is 0 Å². The quantitative estimate of drug-likeness (QED) is 0.818. The summed E-state index contributed by atoms with van der Waals surface area (Å²) in [5.41, 5.74) is 0.780. The molecule has 1 aliphatic heterocycles. The molecule has 1 heterocycles. The lowest BCUT2D eigenvalue weighted by Crippen LogP contribution is -2.26. The number of benzene rings is 1. The van der Waals surface area contributed by atoms with Crippen LogP contribution in [-0.4, -0.2) is 32.1 Å². The molecule has 0 aromatic heterocycles. The van der Waals surface area contributed by atoms with Gasteiger partial charge in [0.15, 0.2) is 5.96 Å². The van der Waals surface area contributed by atoms with Crippen LogP contribution < -0.4 is 10.6 Å². The van der Waals surface area contributed by atoms with Gasteiger partial charge in [0.25, 0.3) is 5.91 Å². The maximum absolute atomic E-state index is 11.9. The highest BCUT2D eigenvalue weighted by Crippen LogP contribution is 2.28. The molecule has 5 nitrogen and oxygen atoms in total. The molecular weight excluding hydrogens is 334 g/mol. The Hall–Kier alpha value is -1.11. The van der Waals surface area contributed by atoms with Crippen LogP contribution in [0.15, 0.2) is 27.7 Å². The maximum Gasteiger partial charge on any atom is 0.253 e. The van der Waals surface area contributed by atoms with Crippen molar-refractivity contribution in [2.75, 3.05) is 20.3 Å². The van der Waals surface area contributed by atoms with Crippen molar-refractivity contribution in [3.63, 3.8) is 0 Å². The van der Waals surface area contributed by atoms with Gasteiger partial charge in [-0.15, -0.1) is 0 Å². The van der Waals surface area contributed by atoms with Crippen molar-refractivity contribution >= 4 is 39.4 Å². The van der Waals surface area contributed by atoms with Gasteiger partial charge < -0.3 is 10.1 Å². The molecule has 7 heteroatoms. The summed E-state index contributed by atoms with van der Waals surface area (Å²) in [6.07, 6.45) is 0. The van der Waals surface area contributed by atoms with Gasteiger partial charge in [0.05, 0.1) is 13.2 Å². The lowest BCUT2D eigenvalue weighted by Gasteiger charge is -2.10. The van der Waals surface area contributed by atoms with E-state index in [-0.39, 0.29) is 5.91 Å². The minimum absolute atomic E-state index is 0.154. The predicted molar refractivity (Wildman–Crippen MR) is 77.3 cm³/mol. The first-order valence-electron chi connectivity index (χ1n) is 5.67. The highest BCUT2D eigenvalue weighted by Gasteiger charge is 2.31. The van der Waals surface area contributed by atoms with E-state index in [0.717, 1.165) is 10.0 Å². The summed E-state index contributed by atoms with van der Waals surface area (Å²) >= 11 is 9.37. The number of guanidine groups is 1. The number of ether oxygens (including phenoxy) is 1. The summed E-state index contributed by atoms with van der Waals surface area (Å²) in [5, 5.41) is 6.30. The fourth-order valence-electron chi connectivity index (χ4n) is 1.72. The summed E-state index contributed by atoms with van der Waals surface area (Å²) in [7, 11) is 1.60. The SMILES string of the molecule is COCCN=C1NC(=O)C(c2cc(Cl)ccc2Br)N1.